The van der Waals surface area contributed by atoms with E-state index in [4.69, 9.17) is 29.4 Å². The third-order valence-electron chi connectivity index (χ3n) is 2.56. The Morgan fingerprint density at radius 3 is 1.91 bits per heavy atom. The van der Waals surface area contributed by atoms with Gasteiger partial charge in [0, 0.05) is 24.8 Å². The molecular formula is C20H22O3. The zero-order valence-electron chi connectivity index (χ0n) is 29.8. The zero-order chi connectivity index (χ0) is 32.4. The first kappa shape index (κ1) is 5.04. The quantitative estimate of drug-likeness (QED) is 0.601. The fourth-order valence-electron chi connectivity index (χ4n) is 1.41. The molecule has 2 rings (SSSR count). The molecule has 0 aliphatic heterocycles. The Morgan fingerprint density at radius 1 is 1.00 bits per heavy atom. The molecule has 0 bridgehead atoms. The van der Waals surface area contributed by atoms with Crippen LogP contribution in [-0.4, -0.2) is 18.7 Å². The van der Waals surface area contributed by atoms with E-state index in [0.717, 1.165) is 7.11 Å². The largest absolute Gasteiger partial charge is 0.497 e. The summed E-state index contributed by atoms with van der Waals surface area (Å²) in [5.74, 6) is -3.92. The van der Waals surface area contributed by atoms with Gasteiger partial charge < -0.3 is 4.74 Å². The molecule has 0 saturated heterocycles. The molecule has 0 N–H and O–H groups in total. The Morgan fingerprint density at radius 2 is 1.48 bits per heavy atom. The Labute approximate surface area is 162 Å². The van der Waals surface area contributed by atoms with Crippen molar-refractivity contribution in [3.05, 3.63) is 65.0 Å². The molecule has 120 valence electrons. The summed E-state index contributed by atoms with van der Waals surface area (Å²) in [6.07, 6.45) is -2.69. The van der Waals surface area contributed by atoms with Crippen LogP contribution in [-0.2, 0) is 5.41 Å². The maximum absolute atomic E-state index is 13.2. The summed E-state index contributed by atoms with van der Waals surface area (Å²) in [6.45, 7) is -11.9. The maximum Gasteiger partial charge on any atom is 0.170 e. The molecule has 2 aromatic carbocycles. The summed E-state index contributed by atoms with van der Waals surface area (Å²) in [7, 11) is 1.04. The van der Waals surface area contributed by atoms with Gasteiger partial charge in [0.2, 0.25) is 0 Å². The van der Waals surface area contributed by atoms with Crippen molar-refractivity contribution in [1.29, 1.82) is 0 Å². The van der Waals surface area contributed by atoms with Crippen LogP contribution in [0.15, 0.2) is 48.3 Å². The van der Waals surface area contributed by atoms with E-state index in [1.54, 1.807) is 0 Å². The van der Waals surface area contributed by atoms with Gasteiger partial charge >= 0.3 is 0 Å². The first-order valence-corrected chi connectivity index (χ1v) is 6.10. The van der Waals surface area contributed by atoms with Gasteiger partial charge in [-0.3, -0.25) is 9.59 Å². The summed E-state index contributed by atoms with van der Waals surface area (Å²) >= 11 is 0. The fourth-order valence-corrected chi connectivity index (χ4v) is 1.41. The minimum atomic E-state index is -3.96. The molecule has 0 fully saturated rings. The minimum Gasteiger partial charge on any atom is -0.497 e. The summed E-state index contributed by atoms with van der Waals surface area (Å²) in [5.41, 5.74) is -7.82. The molecule has 1 atom stereocenters. The Bertz CT molecular complexity index is 1320. The Hall–Kier alpha value is -2.42. The zero-order valence-corrected chi connectivity index (χ0v) is 11.8. The lowest BCUT2D eigenvalue weighted by Crippen LogP contribution is -2.12. The van der Waals surface area contributed by atoms with E-state index in [2.05, 4.69) is 0 Å². The Kier molecular flexibility index (Phi) is 1.48. The van der Waals surface area contributed by atoms with Crippen LogP contribution in [0.3, 0.4) is 0 Å². The van der Waals surface area contributed by atoms with Crippen molar-refractivity contribution in [2.75, 3.05) is 7.11 Å². The lowest BCUT2D eigenvalue weighted by molar-refractivity contribution is 0.0894. The highest BCUT2D eigenvalue weighted by Crippen LogP contribution is 2.22. The summed E-state index contributed by atoms with van der Waals surface area (Å²) in [4.78, 5) is 26.2. The van der Waals surface area contributed by atoms with Crippen molar-refractivity contribution in [1.82, 2.24) is 0 Å². The molecule has 0 radical (unpaired) electrons. The lowest BCUT2D eigenvalue weighted by atomic mass is 9.86. The van der Waals surface area contributed by atoms with Crippen molar-refractivity contribution in [3.63, 3.8) is 0 Å². The van der Waals surface area contributed by atoms with Crippen molar-refractivity contribution in [3.8, 4) is 5.75 Å². The molecule has 3 heteroatoms. The van der Waals surface area contributed by atoms with Gasteiger partial charge in [0.05, 0.1) is 24.5 Å². The second-order valence-electron chi connectivity index (χ2n) is 4.28. The molecule has 0 aromatic heterocycles. The lowest BCUT2D eigenvalue weighted by Gasteiger charge is -2.18. The van der Waals surface area contributed by atoms with Gasteiger partial charge in [0.15, 0.2) is 11.6 Å². The highest BCUT2D eigenvalue weighted by Gasteiger charge is 2.16. The van der Waals surface area contributed by atoms with Crippen LogP contribution in [0, 0.1) is 0 Å². The molecule has 1 unspecified atom stereocenters. The molecule has 0 aliphatic rings. The standard InChI is InChI=1S/C20H22O3/c1-20(2,3)16-9-5-14(6-10-16)18(21)13-19(22)15-7-11-17(23-4)12-8-15/h5-12H,13H2,1-4H3/i1D3,2D3,3D3,5D,6D,7D,8D,9D,10D,11D,12D,13D. The van der Waals surface area contributed by atoms with E-state index in [1.807, 2.05) is 0 Å². The molecule has 2 aromatic rings. The van der Waals surface area contributed by atoms with E-state index in [0.29, 0.717) is 0 Å². The second-order valence-corrected chi connectivity index (χ2v) is 4.28. The number of rotatable bonds is 5. The van der Waals surface area contributed by atoms with Crippen LogP contribution in [0.1, 0.15) is 77.9 Å². The molecular weight excluding hydrogens is 288 g/mol. The second kappa shape index (κ2) is 6.78. The normalized spacial score (nSPS) is 25.4. The predicted molar refractivity (Wildman–Crippen MR) is 91.4 cm³/mol. The van der Waals surface area contributed by atoms with Crippen molar-refractivity contribution in [2.24, 2.45) is 0 Å². The third-order valence-corrected chi connectivity index (χ3v) is 2.56. The fraction of sp³-hybridized carbons (Fsp3) is 0.300. The molecule has 0 spiro atoms. The first-order valence-electron chi connectivity index (χ1n) is 15.2. The third kappa shape index (κ3) is 4.28. The van der Waals surface area contributed by atoms with Crippen molar-refractivity contribution < 1.29 is 39.0 Å². The van der Waals surface area contributed by atoms with Crippen LogP contribution < -0.4 is 4.74 Å². The van der Waals surface area contributed by atoms with Crippen LogP contribution in [0.5, 0.6) is 5.75 Å². The Balaban J connectivity index is 2.91. The van der Waals surface area contributed by atoms with Crippen molar-refractivity contribution >= 4 is 11.6 Å². The summed E-state index contributed by atoms with van der Waals surface area (Å²) in [5, 5.41) is 0. The van der Waals surface area contributed by atoms with E-state index in [-0.39, 0.29) is 0 Å². The number of hydrogen-bond donors (Lipinski definition) is 0. The average molecular weight is 329 g/mol. The number of Topliss-reactive ketones (excluding diaryl/α,β-unsaturated/α-hetero) is 2. The topological polar surface area (TPSA) is 43.4 Å². The minimum absolute atomic E-state index is 0.541. The molecule has 0 aliphatic carbocycles. The van der Waals surface area contributed by atoms with E-state index in [1.165, 1.54) is 0 Å². The molecule has 0 amide bonds. The highest BCUT2D eigenvalue weighted by molar-refractivity contribution is 6.13. The average Bonchev–Trinajstić information content (AvgIpc) is 2.81. The maximum atomic E-state index is 13.2. The SMILES string of the molecule is [2H]c1c([2H])c(C(=O)C([2H])C(=O)c2c([2H])c([2H])c(C(C([2H])([2H])[2H])(C([2H])([2H])[2H])C([2H])([2H])[2H])c([2H])c2[2H])c([2H])c([2H])c1OC. The van der Waals surface area contributed by atoms with Crippen LogP contribution >= 0.6 is 0 Å². The number of carbonyl (C=O) groups excluding carboxylic acids is 2. The van der Waals surface area contributed by atoms with Gasteiger partial charge in [-0.2, -0.15) is 0 Å². The van der Waals surface area contributed by atoms with Gasteiger partial charge in [-0.05, 0) is 35.1 Å². The molecule has 3 nitrogen and oxygen atoms in total. The highest BCUT2D eigenvalue weighted by atomic mass is 16.5. The molecule has 0 saturated carbocycles. The molecule has 0 heterocycles. The number of ether oxygens (including phenoxy) is 1. The van der Waals surface area contributed by atoms with Gasteiger partial charge in [0.25, 0.3) is 0 Å². The summed E-state index contributed by atoms with van der Waals surface area (Å²) in [6, 6.07) is -9.52. The van der Waals surface area contributed by atoms with Crippen molar-refractivity contribution in [2.45, 2.75) is 32.4 Å². The van der Waals surface area contributed by atoms with Gasteiger partial charge in [-0.25, -0.2) is 0 Å². The van der Waals surface area contributed by atoms with Gasteiger partial charge in [0.1, 0.15) is 5.75 Å². The van der Waals surface area contributed by atoms with E-state index >= 15 is 0 Å². The number of carbonyl (C=O) groups is 2. The van der Waals surface area contributed by atoms with Gasteiger partial charge in [-0.1, -0.05) is 44.7 Å². The summed E-state index contributed by atoms with van der Waals surface area (Å²) < 4.78 is 148. The van der Waals surface area contributed by atoms with Gasteiger partial charge in [-0.15, -0.1) is 0 Å². The number of methoxy groups -OCH3 is 1. The number of ketones is 2. The van der Waals surface area contributed by atoms with E-state index in [9.17, 15) is 9.59 Å². The monoisotopic (exact) mass is 328 g/mol. The predicted octanol–water partition coefficient (Wildman–Crippen LogP) is 4.45. The molecule has 23 heavy (non-hydrogen) atoms. The smallest absolute Gasteiger partial charge is 0.170 e. The van der Waals surface area contributed by atoms with E-state index < -0.39 is 115 Å². The number of benzene rings is 2. The number of hydrogen-bond acceptors (Lipinski definition) is 3. The van der Waals surface area contributed by atoms with Crippen LogP contribution in [0.4, 0.5) is 0 Å². The first-order chi connectivity index (χ1) is 18.3. The van der Waals surface area contributed by atoms with Crippen LogP contribution in [0.2, 0.25) is 0 Å². The van der Waals surface area contributed by atoms with Crippen LogP contribution in [0.25, 0.3) is 0 Å².